The van der Waals surface area contributed by atoms with Crippen molar-refractivity contribution in [2.75, 3.05) is 39.2 Å². The van der Waals surface area contributed by atoms with Crippen molar-refractivity contribution in [1.29, 1.82) is 0 Å². The predicted octanol–water partition coefficient (Wildman–Crippen LogP) is 6.14. The number of sulfone groups is 1. The van der Waals surface area contributed by atoms with Crippen molar-refractivity contribution in [3.05, 3.63) is 0 Å². The molecule has 0 aromatic rings. The molecule has 0 saturated carbocycles. The molecular formula is C18H19F21NO3S+. The van der Waals surface area contributed by atoms with Gasteiger partial charge in [0.05, 0.1) is 32.6 Å². The zero-order valence-electron chi connectivity index (χ0n) is 21.5. The average Bonchev–Trinajstić information content (AvgIpc) is 2.74. The zero-order chi connectivity index (χ0) is 36.4. The van der Waals surface area contributed by atoms with Crippen LogP contribution in [0.2, 0.25) is 0 Å². The van der Waals surface area contributed by atoms with E-state index in [1.54, 1.807) is 0 Å². The Morgan fingerprint density at radius 2 is 0.795 bits per heavy atom. The second-order valence-electron chi connectivity index (χ2n) is 10.3. The molecule has 0 aromatic carbocycles. The second kappa shape index (κ2) is 11.3. The Morgan fingerprint density at radius 1 is 0.523 bits per heavy atom. The lowest BCUT2D eigenvalue weighted by atomic mass is 9.86. The lowest BCUT2D eigenvalue weighted by Gasteiger charge is -2.44. The number of aliphatic hydroxyl groups is 1. The van der Waals surface area contributed by atoms with Crippen molar-refractivity contribution in [2.45, 2.75) is 72.0 Å². The molecule has 0 aliphatic carbocycles. The van der Waals surface area contributed by atoms with Gasteiger partial charge in [0.25, 0.3) is 0 Å². The van der Waals surface area contributed by atoms with Gasteiger partial charge in [0, 0.05) is 6.42 Å². The first-order valence-corrected chi connectivity index (χ1v) is 12.5. The lowest BCUT2D eigenvalue weighted by molar-refractivity contribution is -0.873. The minimum atomic E-state index is -9.28. The van der Waals surface area contributed by atoms with Crippen LogP contribution in [0.25, 0.3) is 0 Å². The normalized spacial score (nSPS) is 17.2. The van der Waals surface area contributed by atoms with Gasteiger partial charge < -0.3 is 9.59 Å². The first-order chi connectivity index (χ1) is 18.6. The average molecular weight is 728 g/mol. The fourth-order valence-corrected chi connectivity index (χ4v) is 4.52. The number of quaternary nitrogens is 1. The number of aliphatic hydroxyl groups excluding tert-OH is 1. The van der Waals surface area contributed by atoms with Crippen molar-refractivity contribution in [2.24, 2.45) is 0 Å². The van der Waals surface area contributed by atoms with Crippen LogP contribution < -0.4 is 0 Å². The van der Waals surface area contributed by atoms with Gasteiger partial charge in [-0.15, -0.1) is 0 Å². The molecule has 0 aliphatic heterocycles. The summed E-state index contributed by atoms with van der Waals surface area (Å²) < 4.78 is 304. The van der Waals surface area contributed by atoms with E-state index >= 15 is 0 Å². The minimum Gasteiger partial charge on any atom is -0.386 e. The molecule has 0 rings (SSSR count). The van der Waals surface area contributed by atoms with Gasteiger partial charge in [-0.2, -0.15) is 92.2 Å². The van der Waals surface area contributed by atoms with Crippen LogP contribution in [0.15, 0.2) is 0 Å². The summed E-state index contributed by atoms with van der Waals surface area (Å²) in [6.45, 7) is -0.516. The zero-order valence-corrected chi connectivity index (χ0v) is 22.3. The van der Waals surface area contributed by atoms with Crippen molar-refractivity contribution in [3.63, 3.8) is 0 Å². The highest BCUT2D eigenvalue weighted by Crippen LogP contribution is 2.66. The number of nitrogens with zero attached hydrogens (tertiary/aromatic N) is 1. The Bertz CT molecular complexity index is 1120. The Balaban J connectivity index is 6.70. The van der Waals surface area contributed by atoms with E-state index in [0.717, 1.165) is 0 Å². The Labute approximate surface area is 232 Å². The summed E-state index contributed by atoms with van der Waals surface area (Å²) >= 11 is 0. The number of halogens is 21. The molecule has 0 amide bonds. The highest BCUT2D eigenvalue weighted by atomic mass is 32.2. The standard InChI is InChI=1S/C18H19F21NO3S/c1-40(2,3)6-8(41)7-44(42,43)5-4-9(19,20)10(21,22)11(23,24)12(25,26)13(27,28)14(29,30)15(31,32)16(33,34)17(35,36)18(37,38)39/h8,41H,4-7H2,1-3H3/q+1. The highest BCUT2D eigenvalue weighted by Gasteiger charge is 2.97. The molecule has 0 bridgehead atoms. The molecule has 0 heterocycles. The number of likely N-dealkylation sites (N-methyl/N-ethyl adjacent to an activating group) is 1. The quantitative estimate of drug-likeness (QED) is 0.163. The monoisotopic (exact) mass is 728 g/mol. The molecule has 0 aliphatic rings. The van der Waals surface area contributed by atoms with E-state index in [1.807, 2.05) is 0 Å². The maximum absolute atomic E-state index is 13.9. The maximum Gasteiger partial charge on any atom is 0.460 e. The van der Waals surface area contributed by atoms with E-state index in [2.05, 4.69) is 0 Å². The van der Waals surface area contributed by atoms with Crippen LogP contribution >= 0.6 is 0 Å². The molecule has 0 saturated heterocycles. The highest BCUT2D eigenvalue weighted by molar-refractivity contribution is 7.91. The van der Waals surface area contributed by atoms with Gasteiger partial charge in [0.1, 0.15) is 12.6 Å². The smallest absolute Gasteiger partial charge is 0.386 e. The molecule has 44 heavy (non-hydrogen) atoms. The molecule has 0 aromatic heterocycles. The van der Waals surface area contributed by atoms with E-state index < -0.39 is 99.9 Å². The van der Waals surface area contributed by atoms with Crippen molar-refractivity contribution >= 4 is 9.84 Å². The van der Waals surface area contributed by atoms with E-state index in [4.69, 9.17) is 0 Å². The van der Waals surface area contributed by atoms with Crippen LogP contribution in [-0.2, 0) is 9.84 Å². The lowest BCUT2D eigenvalue weighted by Crippen LogP contribution is -2.76. The maximum atomic E-state index is 13.9. The van der Waals surface area contributed by atoms with Crippen molar-refractivity contribution in [1.82, 2.24) is 0 Å². The van der Waals surface area contributed by atoms with Crippen molar-refractivity contribution < 1.29 is 110 Å². The van der Waals surface area contributed by atoms with Crippen LogP contribution in [0.5, 0.6) is 0 Å². The van der Waals surface area contributed by atoms with Crippen LogP contribution in [0, 0.1) is 0 Å². The summed E-state index contributed by atoms with van der Waals surface area (Å²) in [5.41, 5.74) is 0. The number of alkyl halides is 21. The van der Waals surface area contributed by atoms with Crippen LogP contribution in [0.3, 0.4) is 0 Å². The molecule has 266 valence electrons. The van der Waals surface area contributed by atoms with Gasteiger partial charge in [0.15, 0.2) is 9.84 Å². The summed E-state index contributed by atoms with van der Waals surface area (Å²) in [6.07, 6.45) is -13.3. The second-order valence-corrected chi connectivity index (χ2v) is 12.5. The largest absolute Gasteiger partial charge is 0.460 e. The fourth-order valence-electron chi connectivity index (χ4n) is 3.09. The summed E-state index contributed by atoms with van der Waals surface area (Å²) in [4.78, 5) is 0. The summed E-state index contributed by atoms with van der Waals surface area (Å²) in [6, 6.07) is 0. The molecule has 4 nitrogen and oxygen atoms in total. The van der Waals surface area contributed by atoms with Crippen LogP contribution in [0.1, 0.15) is 6.42 Å². The molecule has 0 fully saturated rings. The van der Waals surface area contributed by atoms with Gasteiger partial charge in [0.2, 0.25) is 0 Å². The first-order valence-electron chi connectivity index (χ1n) is 10.7. The van der Waals surface area contributed by atoms with Gasteiger partial charge in [-0.05, 0) is 0 Å². The molecule has 0 spiro atoms. The summed E-state index contributed by atoms with van der Waals surface area (Å²) in [5, 5.41) is 9.60. The van der Waals surface area contributed by atoms with Crippen LogP contribution in [0.4, 0.5) is 92.2 Å². The van der Waals surface area contributed by atoms with E-state index in [-0.39, 0.29) is 4.48 Å². The SMILES string of the molecule is C[N+](C)(C)CC(O)CS(=O)(=O)CCC(F)(F)C(F)(F)C(F)(F)C(F)(F)C(F)(F)C(F)(F)C(F)(F)C(F)(F)C(F)(F)C(F)(F)F. The Morgan fingerprint density at radius 3 is 1.07 bits per heavy atom. The third-order valence-corrected chi connectivity index (χ3v) is 7.23. The topological polar surface area (TPSA) is 54.4 Å². The molecule has 0 radical (unpaired) electrons. The molecule has 1 atom stereocenters. The third-order valence-electron chi connectivity index (χ3n) is 5.51. The number of hydrogen-bond acceptors (Lipinski definition) is 3. The Kier molecular flexibility index (Phi) is 10.9. The minimum absolute atomic E-state index is 0.246. The number of rotatable bonds is 15. The van der Waals surface area contributed by atoms with Crippen molar-refractivity contribution in [3.8, 4) is 0 Å². The molecular weight excluding hydrogens is 709 g/mol. The summed E-state index contributed by atoms with van der Waals surface area (Å²) in [7, 11) is -1.33. The van der Waals surface area contributed by atoms with E-state index in [9.17, 15) is 106 Å². The molecule has 1 unspecified atom stereocenters. The fraction of sp³-hybridized carbons (Fsp3) is 1.00. The predicted molar refractivity (Wildman–Crippen MR) is 103 cm³/mol. The van der Waals surface area contributed by atoms with Crippen LogP contribution in [-0.4, -0.2) is 123 Å². The third kappa shape index (κ3) is 6.75. The summed E-state index contributed by atoms with van der Waals surface area (Å²) in [5.74, 6) is -82.4. The van der Waals surface area contributed by atoms with Gasteiger partial charge >= 0.3 is 59.5 Å². The van der Waals surface area contributed by atoms with E-state index in [1.165, 1.54) is 21.1 Å². The Hall–Kier alpha value is -1.60. The van der Waals surface area contributed by atoms with Gasteiger partial charge in [-0.1, -0.05) is 0 Å². The molecule has 1 N–H and O–H groups in total. The van der Waals surface area contributed by atoms with Gasteiger partial charge in [-0.25, -0.2) is 8.42 Å². The van der Waals surface area contributed by atoms with Gasteiger partial charge in [-0.3, -0.25) is 0 Å². The number of hydrogen-bond donors (Lipinski definition) is 1. The first kappa shape index (κ1) is 42.4. The van der Waals surface area contributed by atoms with E-state index in [0.29, 0.717) is 0 Å². The molecule has 26 heteroatoms.